The van der Waals surface area contributed by atoms with Crippen LogP contribution in [-0.4, -0.2) is 19.1 Å². The molecule has 1 unspecified atom stereocenters. The molecular formula is C10H17ClN2S. The first-order valence-electron chi connectivity index (χ1n) is 4.86. The zero-order valence-corrected chi connectivity index (χ0v) is 9.96. The summed E-state index contributed by atoms with van der Waals surface area (Å²) in [5.74, 6) is 0. The molecule has 80 valence electrons. The first-order chi connectivity index (χ1) is 6.36. The number of hydrogen-bond acceptors (Lipinski definition) is 3. The Morgan fingerprint density at radius 1 is 1.64 bits per heavy atom. The molecular weight excluding hydrogens is 216 g/mol. The molecule has 2 atom stereocenters. The van der Waals surface area contributed by atoms with Crippen LogP contribution in [0.3, 0.4) is 0 Å². The van der Waals surface area contributed by atoms with Gasteiger partial charge in [0.15, 0.2) is 0 Å². The molecule has 0 spiro atoms. The highest BCUT2D eigenvalue weighted by Gasteiger charge is 2.17. The van der Waals surface area contributed by atoms with Gasteiger partial charge in [-0.25, -0.2) is 0 Å². The molecule has 1 aromatic heterocycles. The van der Waals surface area contributed by atoms with Crippen molar-refractivity contribution in [2.45, 2.75) is 25.4 Å². The Labute approximate surface area is 95.5 Å². The summed E-state index contributed by atoms with van der Waals surface area (Å²) in [6, 6.07) is 5.48. The summed E-state index contributed by atoms with van der Waals surface area (Å²) in [5.41, 5.74) is 0. The van der Waals surface area contributed by atoms with Gasteiger partial charge >= 0.3 is 0 Å². The van der Waals surface area contributed by atoms with E-state index in [1.54, 1.807) is 0 Å². The molecule has 1 saturated heterocycles. The molecule has 2 N–H and O–H groups in total. The molecule has 0 radical (unpaired) electrons. The van der Waals surface area contributed by atoms with Gasteiger partial charge < -0.3 is 10.6 Å². The summed E-state index contributed by atoms with van der Waals surface area (Å²) in [5, 5.41) is 9.13. The highest BCUT2D eigenvalue weighted by atomic mass is 35.5. The van der Waals surface area contributed by atoms with Crippen molar-refractivity contribution in [2.75, 3.05) is 13.1 Å². The summed E-state index contributed by atoms with van der Waals surface area (Å²) in [7, 11) is 0. The molecule has 0 amide bonds. The maximum atomic E-state index is 3.63. The van der Waals surface area contributed by atoms with Crippen LogP contribution in [0, 0.1) is 0 Å². The van der Waals surface area contributed by atoms with Gasteiger partial charge in [0.05, 0.1) is 0 Å². The van der Waals surface area contributed by atoms with E-state index in [-0.39, 0.29) is 12.4 Å². The van der Waals surface area contributed by atoms with E-state index in [9.17, 15) is 0 Å². The predicted octanol–water partition coefficient (Wildman–Crippen LogP) is 2.18. The van der Waals surface area contributed by atoms with Gasteiger partial charge in [0.25, 0.3) is 0 Å². The molecule has 0 bridgehead atoms. The smallest absolute Gasteiger partial charge is 0.0388 e. The third-order valence-electron chi connectivity index (χ3n) is 2.52. The van der Waals surface area contributed by atoms with E-state index < -0.39 is 0 Å². The van der Waals surface area contributed by atoms with Gasteiger partial charge in [-0.3, -0.25) is 0 Å². The SMILES string of the molecule is CC(N[C@H]1CCNC1)c1cccs1.Cl. The van der Waals surface area contributed by atoms with Crippen LogP contribution in [0.15, 0.2) is 17.5 Å². The van der Waals surface area contributed by atoms with Crippen LogP contribution < -0.4 is 10.6 Å². The average molecular weight is 233 g/mol. The molecule has 1 aliphatic heterocycles. The lowest BCUT2D eigenvalue weighted by atomic mass is 10.2. The summed E-state index contributed by atoms with van der Waals surface area (Å²) < 4.78 is 0. The summed E-state index contributed by atoms with van der Waals surface area (Å²) in [6.45, 7) is 4.52. The molecule has 4 heteroatoms. The highest BCUT2D eigenvalue weighted by Crippen LogP contribution is 2.19. The number of hydrogen-bond donors (Lipinski definition) is 2. The minimum atomic E-state index is 0. The van der Waals surface area contributed by atoms with Crippen molar-refractivity contribution < 1.29 is 0 Å². The second kappa shape index (κ2) is 5.71. The number of rotatable bonds is 3. The van der Waals surface area contributed by atoms with Crippen molar-refractivity contribution in [3.63, 3.8) is 0 Å². The Balaban J connectivity index is 0.000000980. The maximum Gasteiger partial charge on any atom is 0.0388 e. The largest absolute Gasteiger partial charge is 0.315 e. The molecule has 0 aromatic carbocycles. The first kappa shape index (κ1) is 12.0. The van der Waals surface area contributed by atoms with Crippen molar-refractivity contribution >= 4 is 23.7 Å². The van der Waals surface area contributed by atoms with Crippen molar-refractivity contribution in [1.82, 2.24) is 10.6 Å². The standard InChI is InChI=1S/C10H16N2S.ClH/c1-8(10-3-2-6-13-10)12-9-4-5-11-7-9;/h2-3,6,8-9,11-12H,4-5,7H2,1H3;1H/t8?,9-;/m0./s1. The Kier molecular flexibility index (Phi) is 4.89. The molecule has 0 aliphatic carbocycles. The van der Waals surface area contributed by atoms with Crippen LogP contribution in [0.1, 0.15) is 24.3 Å². The summed E-state index contributed by atoms with van der Waals surface area (Å²) in [4.78, 5) is 1.44. The van der Waals surface area contributed by atoms with Crippen LogP contribution in [0.4, 0.5) is 0 Å². The molecule has 14 heavy (non-hydrogen) atoms. The Morgan fingerprint density at radius 2 is 2.50 bits per heavy atom. The lowest BCUT2D eigenvalue weighted by molar-refractivity contribution is 0.483. The van der Waals surface area contributed by atoms with E-state index >= 15 is 0 Å². The maximum absolute atomic E-state index is 3.63. The molecule has 0 saturated carbocycles. The second-order valence-electron chi connectivity index (χ2n) is 3.59. The van der Waals surface area contributed by atoms with Gasteiger partial charge in [0, 0.05) is 23.5 Å². The minimum Gasteiger partial charge on any atom is -0.315 e. The van der Waals surface area contributed by atoms with E-state index in [4.69, 9.17) is 0 Å². The Bertz CT molecular complexity index is 245. The average Bonchev–Trinajstić information content (AvgIpc) is 2.74. The van der Waals surface area contributed by atoms with E-state index in [2.05, 4.69) is 35.1 Å². The van der Waals surface area contributed by atoms with Crippen LogP contribution in [-0.2, 0) is 0 Å². The lowest BCUT2D eigenvalue weighted by Gasteiger charge is -2.17. The first-order valence-corrected chi connectivity index (χ1v) is 5.74. The summed E-state index contributed by atoms with van der Waals surface area (Å²) in [6.07, 6.45) is 1.26. The second-order valence-corrected chi connectivity index (χ2v) is 4.57. The molecule has 1 aromatic rings. The fraction of sp³-hybridized carbons (Fsp3) is 0.600. The van der Waals surface area contributed by atoms with E-state index in [0.29, 0.717) is 12.1 Å². The normalized spacial score (nSPS) is 23.1. The Hall–Kier alpha value is -0.0900. The quantitative estimate of drug-likeness (QED) is 0.835. The number of halogens is 1. The fourth-order valence-corrected chi connectivity index (χ4v) is 2.51. The topological polar surface area (TPSA) is 24.1 Å². The van der Waals surface area contributed by atoms with Gasteiger partial charge in [0.1, 0.15) is 0 Å². The van der Waals surface area contributed by atoms with Crippen LogP contribution in [0.5, 0.6) is 0 Å². The van der Waals surface area contributed by atoms with Crippen LogP contribution >= 0.6 is 23.7 Å². The summed E-state index contributed by atoms with van der Waals surface area (Å²) >= 11 is 1.83. The van der Waals surface area contributed by atoms with Crippen LogP contribution in [0.25, 0.3) is 0 Å². The highest BCUT2D eigenvalue weighted by molar-refractivity contribution is 7.10. The van der Waals surface area contributed by atoms with E-state index in [1.807, 2.05) is 11.3 Å². The zero-order chi connectivity index (χ0) is 9.10. The molecule has 2 heterocycles. The monoisotopic (exact) mass is 232 g/mol. The molecule has 1 fully saturated rings. The van der Waals surface area contributed by atoms with Gasteiger partial charge in [0.2, 0.25) is 0 Å². The molecule has 1 aliphatic rings. The third kappa shape index (κ3) is 2.95. The van der Waals surface area contributed by atoms with Crippen molar-refractivity contribution in [3.05, 3.63) is 22.4 Å². The molecule has 2 nitrogen and oxygen atoms in total. The van der Waals surface area contributed by atoms with Gasteiger partial charge in [-0.15, -0.1) is 23.7 Å². The van der Waals surface area contributed by atoms with Crippen molar-refractivity contribution in [3.8, 4) is 0 Å². The van der Waals surface area contributed by atoms with E-state index in [1.165, 1.54) is 11.3 Å². The zero-order valence-electron chi connectivity index (χ0n) is 8.32. The third-order valence-corrected chi connectivity index (χ3v) is 3.57. The lowest BCUT2D eigenvalue weighted by Crippen LogP contribution is -2.32. The van der Waals surface area contributed by atoms with Crippen molar-refractivity contribution in [2.24, 2.45) is 0 Å². The minimum absolute atomic E-state index is 0. The number of nitrogens with one attached hydrogen (secondary N) is 2. The van der Waals surface area contributed by atoms with Crippen molar-refractivity contribution in [1.29, 1.82) is 0 Å². The van der Waals surface area contributed by atoms with Gasteiger partial charge in [-0.1, -0.05) is 6.07 Å². The van der Waals surface area contributed by atoms with E-state index in [0.717, 1.165) is 13.1 Å². The fourth-order valence-electron chi connectivity index (χ4n) is 1.77. The molecule has 2 rings (SSSR count). The Morgan fingerprint density at radius 3 is 3.07 bits per heavy atom. The number of thiophene rings is 1. The van der Waals surface area contributed by atoms with Gasteiger partial charge in [-0.05, 0) is 31.3 Å². The van der Waals surface area contributed by atoms with Crippen LogP contribution in [0.2, 0.25) is 0 Å². The predicted molar refractivity (Wildman–Crippen MR) is 64.4 cm³/mol. The van der Waals surface area contributed by atoms with Gasteiger partial charge in [-0.2, -0.15) is 0 Å².